The summed E-state index contributed by atoms with van der Waals surface area (Å²) < 4.78 is 25.7. The molecule has 2 aromatic carbocycles. The Hall–Kier alpha value is -3.39. The molecule has 0 atom stereocenters. The molecule has 0 bridgehead atoms. The smallest absolute Gasteiger partial charge is 0.230 e. The Bertz CT molecular complexity index is 1210. The zero-order valence-corrected chi connectivity index (χ0v) is 17.5. The number of anilines is 1. The molecule has 0 aliphatic rings. The molecule has 2 aromatic heterocycles. The third kappa shape index (κ3) is 3.86. The van der Waals surface area contributed by atoms with E-state index in [1.54, 1.807) is 32.4 Å². The van der Waals surface area contributed by atoms with Crippen molar-refractivity contribution in [3.05, 3.63) is 65.0 Å². The van der Waals surface area contributed by atoms with Crippen LogP contribution < -0.4 is 14.8 Å². The van der Waals surface area contributed by atoms with E-state index in [1.165, 1.54) is 23.5 Å². The van der Waals surface area contributed by atoms with Crippen LogP contribution in [0.2, 0.25) is 0 Å². The number of halogens is 1. The predicted octanol–water partition coefficient (Wildman–Crippen LogP) is 4.71. The molecule has 154 valence electrons. The number of methoxy groups -OCH3 is 2. The first-order valence-electron chi connectivity index (χ1n) is 9.22. The van der Waals surface area contributed by atoms with Crippen molar-refractivity contribution in [2.45, 2.75) is 13.3 Å². The van der Waals surface area contributed by atoms with Gasteiger partial charge in [0.05, 0.1) is 26.3 Å². The van der Waals surface area contributed by atoms with Gasteiger partial charge in [-0.25, -0.2) is 9.37 Å². The molecule has 0 fully saturated rings. The van der Waals surface area contributed by atoms with Crippen LogP contribution in [0, 0.1) is 12.7 Å². The molecular weight excluding hydrogens is 405 g/mol. The van der Waals surface area contributed by atoms with Crippen molar-refractivity contribution in [2.24, 2.45) is 0 Å². The zero-order chi connectivity index (χ0) is 21.3. The second kappa shape index (κ2) is 8.16. The largest absolute Gasteiger partial charge is 0.493 e. The Kier molecular flexibility index (Phi) is 5.41. The fraction of sp³-hybridized carbons (Fsp3) is 0.182. The Morgan fingerprint density at radius 3 is 2.57 bits per heavy atom. The van der Waals surface area contributed by atoms with Gasteiger partial charge in [0.2, 0.25) is 5.91 Å². The number of nitrogens with one attached hydrogen (secondary N) is 1. The van der Waals surface area contributed by atoms with E-state index >= 15 is 0 Å². The third-order valence-electron chi connectivity index (χ3n) is 4.77. The van der Waals surface area contributed by atoms with Gasteiger partial charge in [0.1, 0.15) is 5.82 Å². The number of hydrogen-bond acceptors (Lipinski definition) is 5. The Balaban J connectivity index is 1.54. The molecule has 0 saturated heterocycles. The summed E-state index contributed by atoms with van der Waals surface area (Å²) in [6.45, 7) is 1.89. The van der Waals surface area contributed by atoms with E-state index in [1.807, 2.05) is 29.0 Å². The first-order valence-corrected chi connectivity index (χ1v) is 10.1. The van der Waals surface area contributed by atoms with Crippen molar-refractivity contribution >= 4 is 27.9 Å². The average molecular weight is 425 g/mol. The topological polar surface area (TPSA) is 64.9 Å². The molecule has 4 aromatic rings. The molecule has 4 rings (SSSR count). The first-order chi connectivity index (χ1) is 14.5. The number of hydrogen-bond donors (Lipinski definition) is 1. The maximum Gasteiger partial charge on any atom is 0.230 e. The highest BCUT2D eigenvalue weighted by molar-refractivity contribution is 7.15. The number of carbonyl (C=O) groups excluding carboxylic acids is 1. The molecular formula is C22H20FN3O3S. The fourth-order valence-electron chi connectivity index (χ4n) is 3.19. The van der Waals surface area contributed by atoms with Crippen molar-refractivity contribution in [3.63, 3.8) is 0 Å². The molecule has 0 radical (unpaired) electrons. The second-order valence-corrected chi connectivity index (χ2v) is 7.60. The molecule has 1 N–H and O–H groups in total. The Morgan fingerprint density at radius 2 is 1.87 bits per heavy atom. The summed E-state index contributed by atoms with van der Waals surface area (Å²) in [4.78, 5) is 18.0. The maximum atomic E-state index is 13.2. The van der Waals surface area contributed by atoms with Gasteiger partial charge >= 0.3 is 0 Å². The third-order valence-corrected chi connectivity index (χ3v) is 5.66. The molecule has 6 nitrogen and oxygen atoms in total. The van der Waals surface area contributed by atoms with Crippen molar-refractivity contribution in [3.8, 4) is 22.8 Å². The van der Waals surface area contributed by atoms with E-state index in [2.05, 4.69) is 10.3 Å². The lowest BCUT2D eigenvalue weighted by Crippen LogP contribution is -2.16. The molecule has 0 saturated carbocycles. The average Bonchev–Trinajstić information content (AvgIpc) is 3.31. The van der Waals surface area contributed by atoms with E-state index in [0.29, 0.717) is 17.2 Å². The number of benzene rings is 2. The molecule has 0 unspecified atom stereocenters. The minimum absolute atomic E-state index is 0.151. The van der Waals surface area contributed by atoms with E-state index in [0.717, 1.165) is 27.5 Å². The molecule has 2 heterocycles. The van der Waals surface area contributed by atoms with Gasteiger partial charge in [-0.1, -0.05) is 0 Å². The van der Waals surface area contributed by atoms with Crippen LogP contribution in [-0.4, -0.2) is 29.5 Å². The lowest BCUT2D eigenvalue weighted by atomic mass is 10.1. The van der Waals surface area contributed by atoms with Gasteiger partial charge in [-0.2, -0.15) is 0 Å². The van der Waals surface area contributed by atoms with Crippen molar-refractivity contribution in [1.82, 2.24) is 9.38 Å². The molecule has 0 aliphatic carbocycles. The van der Waals surface area contributed by atoms with Crippen molar-refractivity contribution < 1.29 is 18.7 Å². The van der Waals surface area contributed by atoms with E-state index in [-0.39, 0.29) is 18.1 Å². The Labute approximate surface area is 176 Å². The molecule has 0 spiro atoms. The van der Waals surface area contributed by atoms with Crippen LogP contribution in [0.15, 0.2) is 48.0 Å². The van der Waals surface area contributed by atoms with Gasteiger partial charge in [-0.3, -0.25) is 9.20 Å². The number of amides is 1. The minimum atomic E-state index is -0.289. The summed E-state index contributed by atoms with van der Waals surface area (Å²) in [5, 5.41) is 4.85. The summed E-state index contributed by atoms with van der Waals surface area (Å²) in [5.41, 5.74) is 3.92. The van der Waals surface area contributed by atoms with Gasteiger partial charge in [0, 0.05) is 34.6 Å². The first kappa shape index (κ1) is 19.9. The van der Waals surface area contributed by atoms with Gasteiger partial charge in [-0.05, 0) is 42.8 Å². The normalized spacial score (nSPS) is 10.9. The van der Waals surface area contributed by atoms with Crippen LogP contribution in [0.3, 0.4) is 0 Å². The molecule has 1 amide bonds. The predicted molar refractivity (Wildman–Crippen MR) is 115 cm³/mol. The highest BCUT2D eigenvalue weighted by Crippen LogP contribution is 2.33. The van der Waals surface area contributed by atoms with Crippen LogP contribution in [0.1, 0.15) is 11.3 Å². The van der Waals surface area contributed by atoms with Gasteiger partial charge in [0.25, 0.3) is 0 Å². The summed E-state index contributed by atoms with van der Waals surface area (Å²) in [5.74, 6) is 0.721. The van der Waals surface area contributed by atoms with E-state index in [9.17, 15) is 9.18 Å². The van der Waals surface area contributed by atoms with Crippen molar-refractivity contribution in [1.29, 1.82) is 0 Å². The van der Waals surface area contributed by atoms with Crippen LogP contribution in [0.5, 0.6) is 11.5 Å². The monoisotopic (exact) mass is 425 g/mol. The minimum Gasteiger partial charge on any atom is -0.493 e. The number of aromatic nitrogens is 2. The van der Waals surface area contributed by atoms with Gasteiger partial charge in [-0.15, -0.1) is 11.3 Å². The highest BCUT2D eigenvalue weighted by atomic mass is 32.1. The number of rotatable bonds is 6. The summed E-state index contributed by atoms with van der Waals surface area (Å²) in [6, 6.07) is 9.76. The lowest BCUT2D eigenvalue weighted by Gasteiger charge is -2.13. The number of fused-ring (bicyclic) bond motifs is 1. The van der Waals surface area contributed by atoms with Crippen molar-refractivity contribution in [2.75, 3.05) is 19.5 Å². The van der Waals surface area contributed by atoms with Gasteiger partial charge < -0.3 is 14.8 Å². The number of imidazole rings is 1. The Morgan fingerprint density at radius 1 is 1.17 bits per heavy atom. The van der Waals surface area contributed by atoms with Crippen LogP contribution in [0.25, 0.3) is 16.2 Å². The number of ether oxygens (including phenoxy) is 2. The maximum absolute atomic E-state index is 13.2. The quantitative estimate of drug-likeness (QED) is 0.486. The number of carbonyl (C=O) groups is 1. The number of aryl methyl sites for hydroxylation is 1. The summed E-state index contributed by atoms with van der Waals surface area (Å²) in [7, 11) is 3.13. The molecule has 0 aliphatic heterocycles. The standard InChI is InChI=1S/C22H20FN3O3S/c1-13-8-19(28-2)20(29-3)10-17(13)24-21(27)9-16-12-30-22-25-18(11-26(16)22)14-4-6-15(23)7-5-14/h4-8,10-12H,9H2,1-3H3,(H,24,27). The SMILES string of the molecule is COc1cc(C)c(NC(=O)Cc2csc3nc(-c4ccc(F)cc4)cn23)cc1OC. The number of nitrogens with zero attached hydrogens (tertiary/aromatic N) is 2. The van der Waals surface area contributed by atoms with Crippen LogP contribution >= 0.6 is 11.3 Å². The molecule has 30 heavy (non-hydrogen) atoms. The highest BCUT2D eigenvalue weighted by Gasteiger charge is 2.15. The zero-order valence-electron chi connectivity index (χ0n) is 16.7. The second-order valence-electron chi connectivity index (χ2n) is 6.76. The van der Waals surface area contributed by atoms with Crippen LogP contribution in [0.4, 0.5) is 10.1 Å². The fourth-order valence-corrected chi connectivity index (χ4v) is 4.06. The molecule has 8 heteroatoms. The summed E-state index contributed by atoms with van der Waals surface area (Å²) in [6.07, 6.45) is 2.05. The van der Waals surface area contributed by atoms with Gasteiger partial charge in [0.15, 0.2) is 16.5 Å². The summed E-state index contributed by atoms with van der Waals surface area (Å²) >= 11 is 1.46. The lowest BCUT2D eigenvalue weighted by molar-refractivity contribution is -0.115. The number of thiazole rings is 1. The van der Waals surface area contributed by atoms with E-state index in [4.69, 9.17) is 9.47 Å². The van der Waals surface area contributed by atoms with E-state index < -0.39 is 0 Å². The van der Waals surface area contributed by atoms with Crippen LogP contribution in [-0.2, 0) is 11.2 Å².